The van der Waals surface area contributed by atoms with Gasteiger partial charge in [0, 0.05) is 19.6 Å². The van der Waals surface area contributed by atoms with Gasteiger partial charge in [0.2, 0.25) is 5.91 Å². The summed E-state index contributed by atoms with van der Waals surface area (Å²) in [5.74, 6) is 1.07. The molecule has 0 aromatic heterocycles. The Morgan fingerprint density at radius 3 is 2.58 bits per heavy atom. The molecule has 2 atom stereocenters. The number of aliphatic hydroxyl groups is 1. The Kier molecular flexibility index (Phi) is 12.0. The molecule has 0 rings (SSSR count). The van der Waals surface area contributed by atoms with Crippen LogP contribution in [0.1, 0.15) is 58.8 Å². The van der Waals surface area contributed by atoms with Crippen LogP contribution in [0.2, 0.25) is 0 Å². The second-order valence-corrected chi connectivity index (χ2v) is 5.55. The van der Waals surface area contributed by atoms with Crippen molar-refractivity contribution >= 4 is 5.91 Å². The smallest absolute Gasteiger partial charge is 0.220 e. The number of nitrogens with two attached hydrogens (primary N) is 1. The molecule has 2 unspecified atom stereocenters. The lowest BCUT2D eigenvalue weighted by Gasteiger charge is -2.14. The van der Waals surface area contributed by atoms with Crippen LogP contribution < -0.4 is 11.1 Å². The Balaban J connectivity index is 3.61. The van der Waals surface area contributed by atoms with Crippen molar-refractivity contribution in [1.82, 2.24) is 5.32 Å². The van der Waals surface area contributed by atoms with Crippen molar-refractivity contribution in [2.24, 2.45) is 17.6 Å². The van der Waals surface area contributed by atoms with E-state index in [2.05, 4.69) is 12.2 Å². The van der Waals surface area contributed by atoms with Gasteiger partial charge in [-0.1, -0.05) is 26.7 Å². The summed E-state index contributed by atoms with van der Waals surface area (Å²) in [4.78, 5) is 11.7. The zero-order chi connectivity index (χ0) is 14.5. The maximum atomic E-state index is 11.7. The van der Waals surface area contributed by atoms with Gasteiger partial charge in [0.1, 0.15) is 0 Å². The third-order valence-corrected chi connectivity index (χ3v) is 3.56. The molecule has 0 fully saturated rings. The van der Waals surface area contributed by atoms with E-state index in [1.807, 2.05) is 6.92 Å². The van der Waals surface area contributed by atoms with Gasteiger partial charge in [-0.25, -0.2) is 0 Å². The largest absolute Gasteiger partial charge is 0.396 e. The maximum Gasteiger partial charge on any atom is 0.220 e. The summed E-state index contributed by atoms with van der Waals surface area (Å²) in [7, 11) is 0. The Morgan fingerprint density at radius 1 is 1.26 bits per heavy atom. The average Bonchev–Trinajstić information content (AvgIpc) is 2.41. The van der Waals surface area contributed by atoms with E-state index in [1.165, 1.54) is 6.42 Å². The number of aliphatic hydroxyl groups excluding tert-OH is 1. The summed E-state index contributed by atoms with van der Waals surface area (Å²) < 4.78 is 0. The highest BCUT2D eigenvalue weighted by atomic mass is 16.3. The van der Waals surface area contributed by atoms with Crippen LogP contribution in [0.15, 0.2) is 0 Å². The standard InChI is InChI=1S/C15H32N2O2/c1-3-5-14(9-10-16)7-8-15(19)17-11-4-6-13(2)12-18/h13-14,18H,3-12,16H2,1-2H3,(H,17,19). The minimum Gasteiger partial charge on any atom is -0.396 e. The van der Waals surface area contributed by atoms with Gasteiger partial charge in [-0.05, 0) is 44.1 Å². The van der Waals surface area contributed by atoms with Crippen LogP contribution in [0.3, 0.4) is 0 Å². The summed E-state index contributed by atoms with van der Waals surface area (Å²) in [6, 6.07) is 0. The molecule has 0 saturated heterocycles. The molecule has 0 saturated carbocycles. The van der Waals surface area contributed by atoms with Crippen molar-refractivity contribution < 1.29 is 9.90 Å². The molecular formula is C15H32N2O2. The van der Waals surface area contributed by atoms with Crippen LogP contribution >= 0.6 is 0 Å². The van der Waals surface area contributed by atoms with Crippen LogP contribution in [0.25, 0.3) is 0 Å². The number of carbonyl (C=O) groups excluding carboxylic acids is 1. The zero-order valence-corrected chi connectivity index (χ0v) is 12.7. The van der Waals surface area contributed by atoms with Gasteiger partial charge in [0.15, 0.2) is 0 Å². The molecule has 114 valence electrons. The molecule has 4 nitrogen and oxygen atoms in total. The van der Waals surface area contributed by atoms with Gasteiger partial charge in [0.05, 0.1) is 0 Å². The van der Waals surface area contributed by atoms with Crippen molar-refractivity contribution in [2.45, 2.75) is 58.8 Å². The third-order valence-electron chi connectivity index (χ3n) is 3.56. The molecule has 0 spiro atoms. The second-order valence-electron chi connectivity index (χ2n) is 5.55. The zero-order valence-electron chi connectivity index (χ0n) is 12.7. The predicted molar refractivity (Wildman–Crippen MR) is 79.8 cm³/mol. The molecule has 0 heterocycles. The van der Waals surface area contributed by atoms with Crippen molar-refractivity contribution in [3.63, 3.8) is 0 Å². The highest BCUT2D eigenvalue weighted by Crippen LogP contribution is 2.16. The SMILES string of the molecule is CCCC(CCN)CCC(=O)NCCCC(C)CO. The Bertz CT molecular complexity index is 216. The normalized spacial score (nSPS) is 14.1. The van der Waals surface area contributed by atoms with Gasteiger partial charge in [0.25, 0.3) is 0 Å². The summed E-state index contributed by atoms with van der Waals surface area (Å²) in [6.45, 7) is 5.85. The third kappa shape index (κ3) is 11.0. The van der Waals surface area contributed by atoms with E-state index in [4.69, 9.17) is 10.8 Å². The van der Waals surface area contributed by atoms with Crippen LogP contribution in [0.4, 0.5) is 0 Å². The van der Waals surface area contributed by atoms with E-state index in [9.17, 15) is 4.79 Å². The van der Waals surface area contributed by atoms with Gasteiger partial charge < -0.3 is 16.2 Å². The molecule has 19 heavy (non-hydrogen) atoms. The van der Waals surface area contributed by atoms with E-state index in [0.29, 0.717) is 24.8 Å². The molecule has 1 amide bonds. The lowest BCUT2D eigenvalue weighted by Crippen LogP contribution is -2.25. The molecule has 0 aliphatic heterocycles. The van der Waals surface area contributed by atoms with E-state index in [1.54, 1.807) is 0 Å². The van der Waals surface area contributed by atoms with Gasteiger partial charge in [-0.2, -0.15) is 0 Å². The average molecular weight is 272 g/mol. The quantitative estimate of drug-likeness (QED) is 0.476. The second kappa shape index (κ2) is 12.4. The van der Waals surface area contributed by atoms with E-state index >= 15 is 0 Å². The van der Waals surface area contributed by atoms with Crippen LogP contribution in [-0.4, -0.2) is 30.7 Å². The molecule has 0 aliphatic rings. The first kappa shape index (κ1) is 18.4. The molecule has 4 N–H and O–H groups in total. The number of rotatable bonds is 12. The summed E-state index contributed by atoms with van der Waals surface area (Å²) in [5, 5.41) is 11.8. The van der Waals surface area contributed by atoms with E-state index in [0.717, 1.165) is 38.6 Å². The molecule has 0 aliphatic carbocycles. The van der Waals surface area contributed by atoms with Crippen LogP contribution in [0, 0.1) is 11.8 Å². The van der Waals surface area contributed by atoms with Crippen molar-refractivity contribution in [2.75, 3.05) is 19.7 Å². The fraction of sp³-hybridized carbons (Fsp3) is 0.933. The Labute approximate surface area is 118 Å². The number of amides is 1. The van der Waals surface area contributed by atoms with E-state index < -0.39 is 0 Å². The minimum atomic E-state index is 0.148. The molecule has 0 radical (unpaired) electrons. The van der Waals surface area contributed by atoms with Gasteiger partial charge in [-0.3, -0.25) is 4.79 Å². The Hall–Kier alpha value is -0.610. The van der Waals surface area contributed by atoms with Crippen LogP contribution in [0.5, 0.6) is 0 Å². The van der Waals surface area contributed by atoms with Crippen LogP contribution in [-0.2, 0) is 4.79 Å². The number of nitrogens with one attached hydrogen (secondary N) is 1. The molecule has 0 aromatic carbocycles. The van der Waals surface area contributed by atoms with Gasteiger partial charge in [-0.15, -0.1) is 0 Å². The maximum absolute atomic E-state index is 11.7. The monoisotopic (exact) mass is 272 g/mol. The molecular weight excluding hydrogens is 240 g/mol. The van der Waals surface area contributed by atoms with Crippen molar-refractivity contribution in [3.8, 4) is 0 Å². The van der Waals surface area contributed by atoms with E-state index in [-0.39, 0.29) is 12.5 Å². The fourth-order valence-electron chi connectivity index (χ4n) is 2.27. The predicted octanol–water partition coefficient (Wildman–Crippen LogP) is 2.06. The molecule has 0 aromatic rings. The van der Waals surface area contributed by atoms with Gasteiger partial charge >= 0.3 is 0 Å². The fourth-order valence-corrected chi connectivity index (χ4v) is 2.27. The minimum absolute atomic E-state index is 0.148. The summed E-state index contributed by atoms with van der Waals surface area (Å²) >= 11 is 0. The first-order valence-electron chi connectivity index (χ1n) is 7.71. The lowest BCUT2D eigenvalue weighted by atomic mass is 9.94. The molecule has 0 bridgehead atoms. The number of hydrogen-bond acceptors (Lipinski definition) is 3. The Morgan fingerprint density at radius 2 is 2.00 bits per heavy atom. The first-order valence-corrected chi connectivity index (χ1v) is 7.71. The highest BCUT2D eigenvalue weighted by molar-refractivity contribution is 5.75. The first-order chi connectivity index (χ1) is 9.13. The van der Waals surface area contributed by atoms with Crippen molar-refractivity contribution in [1.29, 1.82) is 0 Å². The highest BCUT2D eigenvalue weighted by Gasteiger charge is 2.09. The lowest BCUT2D eigenvalue weighted by molar-refractivity contribution is -0.121. The summed E-state index contributed by atoms with van der Waals surface area (Å²) in [5.41, 5.74) is 5.58. The topological polar surface area (TPSA) is 75.4 Å². The van der Waals surface area contributed by atoms with Crippen molar-refractivity contribution in [3.05, 3.63) is 0 Å². The number of hydrogen-bond donors (Lipinski definition) is 3. The summed E-state index contributed by atoms with van der Waals surface area (Å²) in [6.07, 6.45) is 6.81. The number of carbonyl (C=O) groups is 1. The molecule has 4 heteroatoms.